The van der Waals surface area contributed by atoms with Crippen molar-refractivity contribution in [2.45, 2.75) is 11.1 Å². The van der Waals surface area contributed by atoms with Crippen molar-refractivity contribution in [3.63, 3.8) is 0 Å². The first-order valence-corrected chi connectivity index (χ1v) is 9.73. The van der Waals surface area contributed by atoms with E-state index in [0.29, 0.717) is 35.1 Å². The zero-order chi connectivity index (χ0) is 19.3. The average Bonchev–Trinajstić information content (AvgIpc) is 3.06. The van der Waals surface area contributed by atoms with Crippen LogP contribution in [0.25, 0.3) is 10.9 Å². The van der Waals surface area contributed by atoms with Crippen molar-refractivity contribution in [1.29, 1.82) is 0 Å². The Kier molecular flexibility index (Phi) is 4.61. The van der Waals surface area contributed by atoms with E-state index in [1.54, 1.807) is 10.6 Å². The Labute approximate surface area is 159 Å². The largest absolute Gasteiger partial charge is 0.477 e. The number of carboxylic acid groups (broad SMARTS) is 1. The van der Waals surface area contributed by atoms with E-state index >= 15 is 0 Å². The van der Waals surface area contributed by atoms with Crippen molar-refractivity contribution in [2.75, 3.05) is 50.5 Å². The van der Waals surface area contributed by atoms with Gasteiger partial charge in [0.15, 0.2) is 0 Å². The Morgan fingerprint density at radius 3 is 2.63 bits per heavy atom. The number of halogens is 1. The molecule has 3 heterocycles. The maximum atomic E-state index is 14.8. The Morgan fingerprint density at radius 1 is 1.30 bits per heavy atom. The van der Waals surface area contributed by atoms with Crippen LogP contribution < -0.4 is 10.3 Å². The number of thioether (sulfide) groups is 1. The minimum atomic E-state index is -1.33. The Hall–Kier alpha value is -2.10. The van der Waals surface area contributed by atoms with Gasteiger partial charge in [-0.15, -0.1) is 11.8 Å². The third-order valence-corrected chi connectivity index (χ3v) is 6.50. The third-order valence-electron chi connectivity index (χ3n) is 5.28. The number of hydrogen-bond acceptors (Lipinski definition) is 6. The van der Waals surface area contributed by atoms with Gasteiger partial charge >= 0.3 is 5.97 Å². The van der Waals surface area contributed by atoms with E-state index in [2.05, 4.69) is 4.90 Å². The van der Waals surface area contributed by atoms with Gasteiger partial charge in [0.1, 0.15) is 11.4 Å². The van der Waals surface area contributed by atoms with E-state index in [1.165, 1.54) is 11.8 Å². The van der Waals surface area contributed by atoms with Crippen LogP contribution in [0.5, 0.6) is 0 Å². The molecule has 0 amide bonds. The van der Waals surface area contributed by atoms with Crippen LogP contribution in [0.3, 0.4) is 0 Å². The molecule has 0 aliphatic carbocycles. The van der Waals surface area contributed by atoms with Crippen molar-refractivity contribution in [3.8, 4) is 0 Å². The lowest BCUT2D eigenvalue weighted by Gasteiger charge is -2.34. The number of aliphatic hydroxyl groups is 1. The first-order valence-electron chi connectivity index (χ1n) is 8.74. The molecule has 4 rings (SSSR count). The number of aromatic nitrogens is 1. The average molecular weight is 393 g/mol. The summed E-state index contributed by atoms with van der Waals surface area (Å²) in [6.07, 6.45) is 0. The van der Waals surface area contributed by atoms with E-state index in [-0.39, 0.29) is 23.6 Å². The van der Waals surface area contributed by atoms with Gasteiger partial charge in [-0.1, -0.05) is 0 Å². The minimum Gasteiger partial charge on any atom is -0.477 e. The molecule has 2 aliphatic heterocycles. The topological polar surface area (TPSA) is 86.0 Å². The normalized spacial score (nSPS) is 20.3. The van der Waals surface area contributed by atoms with Gasteiger partial charge in [-0.2, -0.15) is 0 Å². The van der Waals surface area contributed by atoms with Crippen LogP contribution in [0.4, 0.5) is 10.1 Å². The Morgan fingerprint density at radius 2 is 2.00 bits per heavy atom. The lowest BCUT2D eigenvalue weighted by atomic mass is 10.1. The monoisotopic (exact) mass is 393 g/mol. The molecule has 0 saturated carbocycles. The summed E-state index contributed by atoms with van der Waals surface area (Å²) in [5.41, 5.74) is -0.158. The smallest absolute Gasteiger partial charge is 0.342 e. The molecule has 9 heteroatoms. The highest BCUT2D eigenvalue weighted by atomic mass is 32.2. The summed E-state index contributed by atoms with van der Waals surface area (Å²) in [4.78, 5) is 28.5. The maximum absolute atomic E-state index is 14.8. The fourth-order valence-corrected chi connectivity index (χ4v) is 5.08. The summed E-state index contributed by atoms with van der Waals surface area (Å²) in [6.45, 7) is 2.77. The summed E-state index contributed by atoms with van der Waals surface area (Å²) in [7, 11) is 2.01. The second-order valence-electron chi connectivity index (χ2n) is 6.94. The number of likely N-dealkylation sites (N-methyl/N-ethyl adjacent to an activating group) is 1. The summed E-state index contributed by atoms with van der Waals surface area (Å²) in [6, 6.07) is 2.42. The van der Waals surface area contributed by atoms with Crippen LogP contribution in [0.15, 0.2) is 22.0 Å². The highest BCUT2D eigenvalue weighted by molar-refractivity contribution is 7.99. The zero-order valence-electron chi connectivity index (χ0n) is 14.8. The summed E-state index contributed by atoms with van der Waals surface area (Å²) < 4.78 is 16.5. The molecule has 1 saturated heterocycles. The van der Waals surface area contributed by atoms with Crippen LogP contribution in [0.2, 0.25) is 0 Å². The van der Waals surface area contributed by atoms with Gasteiger partial charge in [0.25, 0.3) is 0 Å². The van der Waals surface area contributed by atoms with Gasteiger partial charge in [0.05, 0.1) is 28.9 Å². The van der Waals surface area contributed by atoms with Gasteiger partial charge in [-0.25, -0.2) is 9.18 Å². The predicted molar refractivity (Wildman–Crippen MR) is 102 cm³/mol. The van der Waals surface area contributed by atoms with Gasteiger partial charge in [0, 0.05) is 37.3 Å². The van der Waals surface area contributed by atoms with Crippen molar-refractivity contribution < 1.29 is 19.4 Å². The Bertz CT molecular complexity index is 985. The summed E-state index contributed by atoms with van der Waals surface area (Å²) in [5.74, 6) is -1.40. The molecule has 2 aliphatic rings. The van der Waals surface area contributed by atoms with E-state index in [0.717, 1.165) is 19.2 Å². The van der Waals surface area contributed by atoms with Crippen molar-refractivity contribution in [2.24, 2.45) is 0 Å². The number of rotatable bonds is 3. The predicted octanol–water partition coefficient (Wildman–Crippen LogP) is 1.23. The number of aliphatic hydroxyl groups excluding tert-OH is 1. The molecule has 2 N–H and O–H groups in total. The molecule has 7 nitrogen and oxygen atoms in total. The molecule has 2 aromatic rings. The van der Waals surface area contributed by atoms with Crippen molar-refractivity contribution in [1.82, 2.24) is 9.47 Å². The number of nitrogens with zero attached hydrogens (tertiary/aromatic N) is 3. The first kappa shape index (κ1) is 18.3. The van der Waals surface area contributed by atoms with Crippen LogP contribution >= 0.6 is 11.8 Å². The number of pyridine rings is 1. The molecule has 0 bridgehead atoms. The van der Waals surface area contributed by atoms with Gasteiger partial charge in [-0.05, 0) is 19.2 Å². The number of benzene rings is 1. The maximum Gasteiger partial charge on any atom is 0.342 e. The van der Waals surface area contributed by atoms with E-state index in [1.807, 2.05) is 11.9 Å². The molecule has 1 aromatic heterocycles. The summed E-state index contributed by atoms with van der Waals surface area (Å²) in [5, 5.41) is 19.6. The Balaban J connectivity index is 1.97. The first-order chi connectivity index (χ1) is 12.9. The third kappa shape index (κ3) is 2.90. The van der Waals surface area contributed by atoms with E-state index in [9.17, 15) is 24.2 Å². The van der Waals surface area contributed by atoms with Gasteiger partial charge < -0.3 is 24.6 Å². The standard InChI is InChI=1S/C18H20FN3O4S/c1-20-2-4-21(5-3-20)14-7-13-11(6-12(14)19)16(24)15(18(25)26)17-22(13)10(8-23)9-27-17/h6-7,10,23H,2-5,8-9H2,1H3,(H,25,26). The number of piperazine rings is 1. The quantitative estimate of drug-likeness (QED) is 0.811. The molecule has 1 unspecified atom stereocenters. The van der Waals surface area contributed by atoms with E-state index in [4.69, 9.17) is 0 Å². The molecular weight excluding hydrogens is 373 g/mol. The van der Waals surface area contributed by atoms with Gasteiger partial charge in [0.2, 0.25) is 5.43 Å². The number of carboxylic acids is 1. The molecule has 27 heavy (non-hydrogen) atoms. The zero-order valence-corrected chi connectivity index (χ0v) is 15.6. The lowest BCUT2D eigenvalue weighted by Crippen LogP contribution is -2.44. The number of anilines is 1. The molecule has 0 radical (unpaired) electrons. The van der Waals surface area contributed by atoms with Crippen molar-refractivity contribution in [3.05, 3.63) is 33.7 Å². The molecular formula is C18H20FN3O4S. The van der Waals surface area contributed by atoms with Crippen LogP contribution in [0.1, 0.15) is 16.4 Å². The molecule has 0 spiro atoms. The highest BCUT2D eigenvalue weighted by Crippen LogP contribution is 2.39. The second kappa shape index (κ2) is 6.81. The number of carbonyl (C=O) groups is 1. The SMILES string of the molecule is CN1CCN(c2cc3c(cc2F)c(=O)c(C(=O)O)c2n3C(CO)CS2)CC1. The molecule has 144 valence electrons. The molecule has 1 atom stereocenters. The number of fused-ring (bicyclic) bond motifs is 3. The summed E-state index contributed by atoms with van der Waals surface area (Å²) >= 11 is 1.24. The fraction of sp³-hybridized carbons (Fsp3) is 0.444. The number of hydrogen-bond donors (Lipinski definition) is 2. The van der Waals surface area contributed by atoms with Crippen molar-refractivity contribution >= 4 is 34.3 Å². The minimum absolute atomic E-state index is 0.0347. The lowest BCUT2D eigenvalue weighted by molar-refractivity contribution is 0.0689. The van der Waals surface area contributed by atoms with Crippen LogP contribution in [-0.2, 0) is 0 Å². The number of aromatic carboxylic acids is 1. The highest BCUT2D eigenvalue weighted by Gasteiger charge is 2.32. The second-order valence-corrected chi connectivity index (χ2v) is 7.95. The van der Waals surface area contributed by atoms with E-state index < -0.39 is 17.2 Å². The fourth-order valence-electron chi connectivity index (χ4n) is 3.76. The molecule has 1 fully saturated rings. The van der Waals surface area contributed by atoms with Gasteiger partial charge in [-0.3, -0.25) is 4.79 Å². The van der Waals surface area contributed by atoms with Crippen LogP contribution in [-0.4, -0.2) is 71.2 Å². The van der Waals surface area contributed by atoms with Crippen LogP contribution in [0, 0.1) is 5.82 Å². The molecule has 1 aromatic carbocycles.